The minimum absolute atomic E-state index is 0.0227. The van der Waals surface area contributed by atoms with Crippen molar-refractivity contribution in [2.45, 2.75) is 0 Å². The van der Waals surface area contributed by atoms with E-state index in [2.05, 4.69) is 10.4 Å². The van der Waals surface area contributed by atoms with Crippen molar-refractivity contribution in [3.8, 4) is 0 Å². The van der Waals surface area contributed by atoms with E-state index in [0.29, 0.717) is 0 Å². The zero-order valence-corrected chi connectivity index (χ0v) is 10.3. The Morgan fingerprint density at radius 1 is 1.28 bits per heavy atom. The van der Waals surface area contributed by atoms with Crippen LogP contribution >= 0.6 is 0 Å². The number of carbonyl (C=O) groups is 2. The fraction of sp³-hybridized carbons (Fsp3) is 0.250. The van der Waals surface area contributed by atoms with Crippen LogP contribution in [0, 0.1) is 0 Å². The quantitative estimate of drug-likeness (QED) is 0.628. The predicted octanol–water partition coefficient (Wildman–Crippen LogP) is 0.638. The van der Waals surface area contributed by atoms with E-state index in [-0.39, 0.29) is 12.5 Å². The molecular formula is C12H14N4O2. The minimum Gasteiger partial charge on any atom is -0.378 e. The van der Waals surface area contributed by atoms with Gasteiger partial charge in [-0.2, -0.15) is 5.10 Å². The number of urea groups is 1. The standard InChI is InChI=1S/C12H14N4O2/c1-15(2)10-5-3-9(4-6-10)7-13-16-8-11(17)14-12(16)18/h3-7H,8H2,1-2H3,(H,14,17,18)/b13-7-. The first-order valence-corrected chi connectivity index (χ1v) is 5.49. The van der Waals surface area contributed by atoms with Crippen molar-refractivity contribution >= 4 is 23.8 Å². The number of rotatable bonds is 3. The third kappa shape index (κ3) is 2.65. The molecule has 1 aromatic carbocycles. The van der Waals surface area contributed by atoms with Crippen molar-refractivity contribution in [3.05, 3.63) is 29.8 Å². The Balaban J connectivity index is 2.05. The Bertz CT molecular complexity index is 493. The van der Waals surface area contributed by atoms with Gasteiger partial charge in [0.15, 0.2) is 0 Å². The molecule has 2 rings (SSSR count). The van der Waals surface area contributed by atoms with Crippen LogP contribution < -0.4 is 10.2 Å². The molecule has 1 aliphatic heterocycles. The van der Waals surface area contributed by atoms with Crippen LogP contribution in [0.2, 0.25) is 0 Å². The molecule has 1 aromatic rings. The molecule has 6 nitrogen and oxygen atoms in total. The number of anilines is 1. The van der Waals surface area contributed by atoms with Gasteiger partial charge in [-0.15, -0.1) is 0 Å². The van der Waals surface area contributed by atoms with Crippen molar-refractivity contribution in [2.75, 3.05) is 25.5 Å². The lowest BCUT2D eigenvalue weighted by molar-refractivity contribution is -0.118. The summed E-state index contributed by atoms with van der Waals surface area (Å²) >= 11 is 0. The molecule has 0 aromatic heterocycles. The molecule has 0 unspecified atom stereocenters. The van der Waals surface area contributed by atoms with Crippen molar-refractivity contribution in [1.29, 1.82) is 0 Å². The van der Waals surface area contributed by atoms with E-state index in [4.69, 9.17) is 0 Å². The molecule has 0 aliphatic carbocycles. The first-order valence-electron chi connectivity index (χ1n) is 5.49. The van der Waals surface area contributed by atoms with Crippen molar-refractivity contribution in [1.82, 2.24) is 10.3 Å². The molecule has 1 N–H and O–H groups in total. The second kappa shape index (κ2) is 4.87. The fourth-order valence-electron chi connectivity index (χ4n) is 1.52. The maximum atomic E-state index is 11.2. The van der Waals surface area contributed by atoms with E-state index in [1.54, 1.807) is 6.21 Å². The van der Waals surface area contributed by atoms with Gasteiger partial charge in [0.05, 0.1) is 6.21 Å². The maximum absolute atomic E-state index is 11.2. The molecule has 18 heavy (non-hydrogen) atoms. The van der Waals surface area contributed by atoms with E-state index in [9.17, 15) is 9.59 Å². The molecule has 1 fully saturated rings. The summed E-state index contributed by atoms with van der Waals surface area (Å²) < 4.78 is 0. The molecule has 3 amide bonds. The summed E-state index contributed by atoms with van der Waals surface area (Å²) in [7, 11) is 3.92. The maximum Gasteiger partial charge on any atom is 0.344 e. The number of carbonyl (C=O) groups excluding carboxylic acids is 2. The number of nitrogens with one attached hydrogen (secondary N) is 1. The summed E-state index contributed by atoms with van der Waals surface area (Å²) in [5, 5.41) is 7.22. The summed E-state index contributed by atoms with van der Waals surface area (Å²) in [5.41, 5.74) is 1.95. The first-order chi connectivity index (χ1) is 8.56. The van der Waals surface area contributed by atoms with E-state index < -0.39 is 6.03 Å². The molecule has 0 atom stereocenters. The number of amides is 3. The second-order valence-electron chi connectivity index (χ2n) is 4.14. The van der Waals surface area contributed by atoms with Gasteiger partial charge in [-0.1, -0.05) is 12.1 Å². The first kappa shape index (κ1) is 12.1. The Kier molecular flexibility index (Phi) is 3.27. The molecule has 1 aliphatic rings. The van der Waals surface area contributed by atoms with Crippen LogP contribution in [0.3, 0.4) is 0 Å². The van der Waals surface area contributed by atoms with Gasteiger partial charge >= 0.3 is 6.03 Å². The molecule has 0 radical (unpaired) electrons. The zero-order valence-electron chi connectivity index (χ0n) is 10.3. The lowest BCUT2D eigenvalue weighted by atomic mass is 10.2. The normalized spacial score (nSPS) is 15.3. The van der Waals surface area contributed by atoms with Crippen molar-refractivity contribution < 1.29 is 9.59 Å². The van der Waals surface area contributed by atoms with E-state index in [0.717, 1.165) is 16.3 Å². The number of imide groups is 1. The molecule has 0 saturated carbocycles. The molecule has 0 spiro atoms. The zero-order chi connectivity index (χ0) is 13.1. The Morgan fingerprint density at radius 2 is 1.94 bits per heavy atom. The van der Waals surface area contributed by atoms with Gasteiger partial charge in [0, 0.05) is 19.8 Å². The molecule has 0 bridgehead atoms. The third-order valence-corrected chi connectivity index (χ3v) is 2.53. The van der Waals surface area contributed by atoms with Gasteiger partial charge < -0.3 is 4.90 Å². The summed E-state index contributed by atoms with van der Waals surface area (Å²) in [4.78, 5) is 24.2. The Morgan fingerprint density at radius 3 is 2.44 bits per heavy atom. The van der Waals surface area contributed by atoms with E-state index in [1.807, 2.05) is 43.3 Å². The highest BCUT2D eigenvalue weighted by Crippen LogP contribution is 2.11. The van der Waals surface area contributed by atoms with Gasteiger partial charge in [-0.25, -0.2) is 9.80 Å². The number of hydrazone groups is 1. The largest absolute Gasteiger partial charge is 0.378 e. The van der Waals surface area contributed by atoms with Gasteiger partial charge in [0.2, 0.25) is 5.91 Å². The van der Waals surface area contributed by atoms with Crippen LogP contribution in [0.25, 0.3) is 0 Å². The number of hydrogen-bond donors (Lipinski definition) is 1. The molecule has 1 heterocycles. The third-order valence-electron chi connectivity index (χ3n) is 2.53. The highest BCUT2D eigenvalue weighted by molar-refractivity contribution is 6.02. The second-order valence-corrected chi connectivity index (χ2v) is 4.14. The summed E-state index contributed by atoms with van der Waals surface area (Å²) in [6.45, 7) is -0.0227. The highest BCUT2D eigenvalue weighted by Gasteiger charge is 2.25. The fourth-order valence-corrected chi connectivity index (χ4v) is 1.52. The molecule has 94 valence electrons. The monoisotopic (exact) mass is 246 g/mol. The number of hydrogen-bond acceptors (Lipinski definition) is 4. The summed E-state index contributed by atoms with van der Waals surface area (Å²) in [6, 6.07) is 7.22. The van der Waals surface area contributed by atoms with Gasteiger partial charge in [-0.3, -0.25) is 10.1 Å². The van der Waals surface area contributed by atoms with Crippen molar-refractivity contribution in [2.24, 2.45) is 5.10 Å². The number of benzene rings is 1. The summed E-state index contributed by atoms with van der Waals surface area (Å²) in [6.07, 6.45) is 1.55. The van der Waals surface area contributed by atoms with Gasteiger partial charge in [-0.05, 0) is 17.7 Å². The predicted molar refractivity (Wildman–Crippen MR) is 68.6 cm³/mol. The Labute approximate surface area is 105 Å². The highest BCUT2D eigenvalue weighted by atomic mass is 16.2. The van der Waals surface area contributed by atoms with Crippen LogP contribution in [0.4, 0.5) is 10.5 Å². The Hall–Kier alpha value is -2.37. The van der Waals surface area contributed by atoms with Crippen LogP contribution in [-0.4, -0.2) is 43.8 Å². The number of nitrogens with zero attached hydrogens (tertiary/aromatic N) is 3. The lowest BCUT2D eigenvalue weighted by Gasteiger charge is -2.11. The van der Waals surface area contributed by atoms with Crippen LogP contribution in [0.5, 0.6) is 0 Å². The smallest absolute Gasteiger partial charge is 0.344 e. The molecule has 1 saturated heterocycles. The van der Waals surface area contributed by atoms with Crippen LogP contribution in [-0.2, 0) is 4.79 Å². The average molecular weight is 246 g/mol. The average Bonchev–Trinajstić information content (AvgIpc) is 2.66. The minimum atomic E-state index is -0.485. The molecular weight excluding hydrogens is 232 g/mol. The van der Waals surface area contributed by atoms with E-state index in [1.165, 1.54) is 0 Å². The van der Waals surface area contributed by atoms with Crippen LogP contribution in [0.1, 0.15) is 5.56 Å². The van der Waals surface area contributed by atoms with Gasteiger partial charge in [0.25, 0.3) is 0 Å². The topological polar surface area (TPSA) is 65.0 Å². The van der Waals surface area contributed by atoms with Gasteiger partial charge in [0.1, 0.15) is 6.54 Å². The summed E-state index contributed by atoms with van der Waals surface area (Å²) in [5.74, 6) is -0.333. The lowest BCUT2D eigenvalue weighted by Crippen LogP contribution is -2.24. The molecule has 6 heteroatoms. The van der Waals surface area contributed by atoms with Crippen LogP contribution in [0.15, 0.2) is 29.4 Å². The van der Waals surface area contributed by atoms with E-state index >= 15 is 0 Å². The van der Waals surface area contributed by atoms with Crippen molar-refractivity contribution in [3.63, 3.8) is 0 Å². The SMILES string of the molecule is CN(C)c1ccc(/C=N\N2CC(=O)NC2=O)cc1.